The van der Waals surface area contributed by atoms with E-state index >= 15 is 0 Å². The Morgan fingerprint density at radius 1 is 0.800 bits per heavy atom. The Morgan fingerprint density at radius 2 is 0.800 bits per heavy atom. The van der Waals surface area contributed by atoms with Crippen molar-refractivity contribution in [3.8, 4) is 0 Å². The highest BCUT2D eigenvalue weighted by atomic mass is 15.0. The zero-order valence-electron chi connectivity index (χ0n) is 5.95. The summed E-state index contributed by atoms with van der Waals surface area (Å²) in [6, 6.07) is 0. The Bertz CT molecular complexity index is 18.5. The molecule has 0 spiro atoms. The molecule has 2 heteroatoms. The summed E-state index contributed by atoms with van der Waals surface area (Å²) in [5.41, 5.74) is 0. The highest BCUT2D eigenvalue weighted by Gasteiger charge is 1.58. The van der Waals surface area contributed by atoms with Crippen LogP contribution in [0.25, 0.3) is 0 Å². The second-order valence-electron chi connectivity index (χ2n) is 1.84. The molecular weight excluding hydrogens is 124 g/mol. The van der Waals surface area contributed by atoms with E-state index in [1.165, 1.54) is 0 Å². The largest absolute Gasteiger partial charge is 0.323 e. The van der Waals surface area contributed by atoms with Crippen molar-refractivity contribution in [1.82, 2.24) is 10.2 Å². The molecule has 0 radical (unpaired) electrons. The van der Waals surface area contributed by atoms with E-state index in [1.807, 2.05) is 40.1 Å². The fraction of sp³-hybridized carbons (Fsp3) is 1.00. The van der Waals surface area contributed by atoms with Crippen molar-refractivity contribution in [1.29, 1.82) is 0 Å². The first-order chi connectivity index (χ1) is 3.15. The van der Waals surface area contributed by atoms with Crippen molar-refractivity contribution in [2.24, 2.45) is 0 Å². The Labute approximate surface area is 68.6 Å². The maximum absolute atomic E-state index is 2.75. The first kappa shape index (κ1) is 32.6. The van der Waals surface area contributed by atoms with Crippen molar-refractivity contribution in [3.05, 3.63) is 0 Å². The lowest BCUT2D eigenvalue weighted by Crippen LogP contribution is -1.99. The lowest BCUT2D eigenvalue weighted by atomic mass is 11.0. The minimum Gasteiger partial charge on any atom is -0.323 e. The summed E-state index contributed by atoms with van der Waals surface area (Å²) in [6.45, 7) is 0. The number of rotatable bonds is 0. The first-order valence-corrected chi connectivity index (χ1v) is 2.34. The molecule has 0 aromatic carbocycles. The van der Waals surface area contributed by atoms with Crippen LogP contribution in [0.5, 0.6) is 0 Å². The van der Waals surface area contributed by atoms with Crippen molar-refractivity contribution >= 4 is 0 Å². The van der Waals surface area contributed by atoms with Gasteiger partial charge in [0.15, 0.2) is 0 Å². The van der Waals surface area contributed by atoms with E-state index in [0.29, 0.717) is 0 Å². The lowest BCUT2D eigenvalue weighted by molar-refractivity contribution is 0.505. The number of hydrogen-bond acceptors (Lipinski definition) is 2. The van der Waals surface area contributed by atoms with E-state index in [4.69, 9.17) is 0 Å². The van der Waals surface area contributed by atoms with Crippen molar-refractivity contribution in [2.75, 3.05) is 35.2 Å². The Kier molecular flexibility index (Phi) is 119. The third-order valence-electron chi connectivity index (χ3n) is 0. The molecular formula is C8H28N2. The van der Waals surface area contributed by atoms with E-state index in [2.05, 4.69) is 5.32 Å². The summed E-state index contributed by atoms with van der Waals surface area (Å²) in [5.74, 6) is 0. The SMILES string of the molecule is C.C.C.CN(C)C.CNC. The normalized spacial score (nSPS) is 5.40. The Morgan fingerprint density at radius 3 is 0.800 bits per heavy atom. The quantitative estimate of drug-likeness (QED) is 0.570. The van der Waals surface area contributed by atoms with Gasteiger partial charge in [-0.05, 0) is 35.2 Å². The molecule has 0 aromatic heterocycles. The third-order valence-corrected chi connectivity index (χ3v) is 0. The van der Waals surface area contributed by atoms with Gasteiger partial charge in [-0.1, -0.05) is 22.3 Å². The minimum absolute atomic E-state index is 0. The zero-order chi connectivity index (χ0) is 6.28. The maximum Gasteiger partial charge on any atom is -0.0140 e. The minimum atomic E-state index is 0. The fourth-order valence-corrected chi connectivity index (χ4v) is 0. The molecule has 0 atom stereocenters. The summed E-state index contributed by atoms with van der Waals surface area (Å²) in [7, 11) is 9.75. The van der Waals surface area contributed by atoms with Crippen LogP contribution in [0.4, 0.5) is 0 Å². The molecule has 10 heavy (non-hydrogen) atoms. The van der Waals surface area contributed by atoms with E-state index in [9.17, 15) is 0 Å². The highest BCUT2D eigenvalue weighted by Crippen LogP contribution is 1.47. The molecule has 0 saturated heterocycles. The molecule has 0 bridgehead atoms. The summed E-state index contributed by atoms with van der Waals surface area (Å²) in [6.07, 6.45) is 0. The standard InChI is InChI=1S/C3H9N.C2H7N.3CH4/c1-4(2)3;1-3-2;;;/h1-3H3;3H,1-2H3;3*1H4. The second-order valence-corrected chi connectivity index (χ2v) is 1.84. The van der Waals surface area contributed by atoms with Gasteiger partial charge in [0.2, 0.25) is 0 Å². The predicted molar refractivity (Wildman–Crippen MR) is 54.8 cm³/mol. The molecule has 0 aliphatic rings. The molecule has 0 heterocycles. The van der Waals surface area contributed by atoms with Gasteiger partial charge >= 0.3 is 0 Å². The van der Waals surface area contributed by atoms with Crippen LogP contribution in [0.15, 0.2) is 0 Å². The van der Waals surface area contributed by atoms with Gasteiger partial charge in [0.05, 0.1) is 0 Å². The van der Waals surface area contributed by atoms with Crippen LogP contribution >= 0.6 is 0 Å². The molecule has 0 aromatic rings. The van der Waals surface area contributed by atoms with Crippen LogP contribution in [0, 0.1) is 0 Å². The predicted octanol–water partition coefficient (Wildman–Crippen LogP) is 1.92. The Balaban J connectivity index is -0.0000000131. The summed E-state index contributed by atoms with van der Waals surface area (Å²) < 4.78 is 0. The highest BCUT2D eigenvalue weighted by molar-refractivity contribution is 4.09. The molecule has 2 nitrogen and oxygen atoms in total. The Hall–Kier alpha value is -0.0800. The average Bonchev–Trinajstić information content (AvgIpc) is 1.33. The second kappa shape index (κ2) is 36.4. The van der Waals surface area contributed by atoms with Gasteiger partial charge in [-0.25, -0.2) is 0 Å². The van der Waals surface area contributed by atoms with Gasteiger partial charge in [-0.2, -0.15) is 0 Å². The van der Waals surface area contributed by atoms with Gasteiger partial charge in [0, 0.05) is 0 Å². The van der Waals surface area contributed by atoms with Gasteiger partial charge in [-0.3, -0.25) is 0 Å². The number of nitrogens with zero attached hydrogens (tertiary/aromatic N) is 1. The molecule has 0 saturated carbocycles. The summed E-state index contributed by atoms with van der Waals surface area (Å²) >= 11 is 0. The monoisotopic (exact) mass is 152 g/mol. The smallest absolute Gasteiger partial charge is 0.0140 e. The molecule has 0 amide bonds. The van der Waals surface area contributed by atoms with Crippen molar-refractivity contribution < 1.29 is 0 Å². The molecule has 0 aliphatic heterocycles. The topological polar surface area (TPSA) is 15.3 Å². The van der Waals surface area contributed by atoms with Crippen LogP contribution in [0.2, 0.25) is 0 Å². The van der Waals surface area contributed by atoms with E-state index < -0.39 is 0 Å². The van der Waals surface area contributed by atoms with Crippen LogP contribution < -0.4 is 5.32 Å². The number of nitrogens with one attached hydrogen (secondary N) is 1. The average molecular weight is 152 g/mol. The molecule has 0 aliphatic carbocycles. The van der Waals surface area contributed by atoms with E-state index in [0.717, 1.165) is 0 Å². The lowest BCUT2D eigenvalue weighted by Gasteiger charge is -1.90. The molecule has 0 rings (SSSR count). The molecule has 0 unspecified atom stereocenters. The van der Waals surface area contributed by atoms with Gasteiger partial charge in [0.25, 0.3) is 0 Å². The van der Waals surface area contributed by atoms with E-state index in [-0.39, 0.29) is 22.3 Å². The van der Waals surface area contributed by atoms with Crippen LogP contribution in [-0.4, -0.2) is 40.1 Å². The van der Waals surface area contributed by atoms with E-state index in [1.54, 1.807) is 0 Å². The first-order valence-electron chi connectivity index (χ1n) is 2.34. The van der Waals surface area contributed by atoms with Crippen LogP contribution in [0.1, 0.15) is 22.3 Å². The van der Waals surface area contributed by atoms with Gasteiger partial charge in [0.1, 0.15) is 0 Å². The van der Waals surface area contributed by atoms with Crippen molar-refractivity contribution in [3.63, 3.8) is 0 Å². The van der Waals surface area contributed by atoms with Crippen LogP contribution in [0.3, 0.4) is 0 Å². The summed E-state index contributed by atoms with van der Waals surface area (Å²) in [4.78, 5) is 2.00. The molecule has 0 fully saturated rings. The third kappa shape index (κ3) is 59300. The zero-order valence-corrected chi connectivity index (χ0v) is 5.95. The maximum atomic E-state index is 2.75. The fourth-order valence-electron chi connectivity index (χ4n) is 0. The van der Waals surface area contributed by atoms with Gasteiger partial charge < -0.3 is 10.2 Å². The number of hydrogen-bond donors (Lipinski definition) is 1. The van der Waals surface area contributed by atoms with Crippen LogP contribution in [-0.2, 0) is 0 Å². The summed E-state index contributed by atoms with van der Waals surface area (Å²) in [5, 5.41) is 2.75. The molecule has 1 N–H and O–H groups in total. The van der Waals surface area contributed by atoms with Crippen molar-refractivity contribution in [2.45, 2.75) is 22.3 Å². The van der Waals surface area contributed by atoms with Gasteiger partial charge in [-0.15, -0.1) is 0 Å². The molecule has 70 valence electrons.